The van der Waals surface area contributed by atoms with Crippen LogP contribution in [0.1, 0.15) is 36.2 Å². The van der Waals surface area contributed by atoms with E-state index in [0.717, 1.165) is 41.9 Å². The Morgan fingerprint density at radius 3 is 2.39 bits per heavy atom. The van der Waals surface area contributed by atoms with Crippen LogP contribution in [-0.4, -0.2) is 26.5 Å². The lowest BCUT2D eigenvalue weighted by molar-refractivity contribution is -0.139. The number of amides is 2. The molecule has 1 fully saturated rings. The number of hydrogen-bond donors (Lipinski definition) is 0. The molecule has 1 aliphatic heterocycles. The molecule has 0 unspecified atom stereocenters. The predicted molar refractivity (Wildman–Crippen MR) is 80.3 cm³/mol. The summed E-state index contributed by atoms with van der Waals surface area (Å²) in [6.07, 6.45) is 3.42. The van der Waals surface area contributed by atoms with E-state index in [2.05, 4.69) is 5.10 Å². The van der Waals surface area contributed by atoms with Crippen molar-refractivity contribution in [3.05, 3.63) is 47.0 Å². The van der Waals surface area contributed by atoms with Gasteiger partial charge in [-0.3, -0.25) is 14.5 Å². The van der Waals surface area contributed by atoms with Gasteiger partial charge < -0.3 is 0 Å². The fourth-order valence-electron chi connectivity index (χ4n) is 3.39. The van der Waals surface area contributed by atoms with E-state index in [9.17, 15) is 14.0 Å². The molecule has 5 nitrogen and oxygen atoms in total. The summed E-state index contributed by atoms with van der Waals surface area (Å²) in [5.74, 6) is -0.540. The topological polar surface area (TPSA) is 55.2 Å². The van der Waals surface area contributed by atoms with Gasteiger partial charge in [0.25, 0.3) is 0 Å². The Bertz CT molecular complexity index is 779. The highest BCUT2D eigenvalue weighted by atomic mass is 19.1. The van der Waals surface area contributed by atoms with Crippen LogP contribution in [0.4, 0.5) is 4.39 Å². The second-order valence-electron chi connectivity index (χ2n) is 5.99. The van der Waals surface area contributed by atoms with Gasteiger partial charge in [0, 0.05) is 18.5 Å². The zero-order valence-corrected chi connectivity index (χ0v) is 12.6. The van der Waals surface area contributed by atoms with E-state index in [1.54, 1.807) is 12.1 Å². The number of imide groups is 1. The van der Waals surface area contributed by atoms with Crippen molar-refractivity contribution < 1.29 is 14.0 Å². The van der Waals surface area contributed by atoms with Crippen molar-refractivity contribution >= 4 is 11.8 Å². The van der Waals surface area contributed by atoms with Crippen LogP contribution < -0.4 is 0 Å². The highest BCUT2D eigenvalue weighted by Gasteiger charge is 2.32. The molecule has 0 saturated carbocycles. The van der Waals surface area contributed by atoms with Gasteiger partial charge in [-0.1, -0.05) is 0 Å². The highest BCUT2D eigenvalue weighted by molar-refractivity contribution is 6.01. The van der Waals surface area contributed by atoms with Crippen LogP contribution in [0.15, 0.2) is 24.3 Å². The quantitative estimate of drug-likeness (QED) is 0.816. The van der Waals surface area contributed by atoms with Crippen LogP contribution in [0.5, 0.6) is 0 Å². The van der Waals surface area contributed by atoms with Crippen LogP contribution in [-0.2, 0) is 29.0 Å². The lowest BCUT2D eigenvalue weighted by atomic mass is 10.2. The van der Waals surface area contributed by atoms with Gasteiger partial charge in [-0.2, -0.15) is 5.10 Å². The van der Waals surface area contributed by atoms with Gasteiger partial charge in [-0.25, -0.2) is 9.07 Å². The van der Waals surface area contributed by atoms with Crippen LogP contribution in [0.3, 0.4) is 0 Å². The Hall–Kier alpha value is -2.50. The number of nitrogens with zero attached hydrogens (tertiary/aromatic N) is 3. The number of likely N-dealkylation sites (tertiary alicyclic amines) is 1. The number of halogens is 1. The van der Waals surface area contributed by atoms with Crippen LogP contribution in [0, 0.1) is 5.82 Å². The van der Waals surface area contributed by atoms with E-state index < -0.39 is 0 Å². The molecule has 4 rings (SSSR count). The summed E-state index contributed by atoms with van der Waals surface area (Å²) in [7, 11) is 0. The van der Waals surface area contributed by atoms with Gasteiger partial charge in [0.1, 0.15) is 5.82 Å². The lowest BCUT2D eigenvalue weighted by Crippen LogP contribution is -2.29. The molecule has 1 aromatic heterocycles. The standard InChI is InChI=1S/C17H16FN3O2/c18-11-4-6-12(7-5-11)21-15-3-1-2-13(15)14(19-21)10-20-16(22)8-9-17(20)23/h4-7H,1-3,8-10H2. The van der Waals surface area contributed by atoms with Crippen LogP contribution in [0.25, 0.3) is 5.69 Å². The molecule has 23 heavy (non-hydrogen) atoms. The summed E-state index contributed by atoms with van der Waals surface area (Å²) in [6.45, 7) is 0.244. The molecule has 0 spiro atoms. The van der Waals surface area contributed by atoms with E-state index in [1.165, 1.54) is 17.0 Å². The number of benzene rings is 1. The Morgan fingerprint density at radius 1 is 1.00 bits per heavy atom. The molecule has 2 amide bonds. The second kappa shape index (κ2) is 5.30. The monoisotopic (exact) mass is 313 g/mol. The van der Waals surface area contributed by atoms with E-state index >= 15 is 0 Å². The number of hydrogen-bond acceptors (Lipinski definition) is 3. The van der Waals surface area contributed by atoms with Crippen molar-refractivity contribution in [3.63, 3.8) is 0 Å². The highest BCUT2D eigenvalue weighted by Crippen LogP contribution is 2.29. The summed E-state index contributed by atoms with van der Waals surface area (Å²) < 4.78 is 14.9. The maximum Gasteiger partial charge on any atom is 0.230 e. The van der Waals surface area contributed by atoms with Gasteiger partial charge in [-0.15, -0.1) is 0 Å². The molecular weight excluding hydrogens is 297 g/mol. The third kappa shape index (κ3) is 2.34. The third-order valence-corrected chi connectivity index (χ3v) is 4.55. The molecule has 1 saturated heterocycles. The van der Waals surface area contributed by atoms with Crippen molar-refractivity contribution in [2.24, 2.45) is 0 Å². The largest absolute Gasteiger partial charge is 0.276 e. The zero-order chi connectivity index (χ0) is 16.0. The minimum absolute atomic E-state index is 0.127. The normalized spacial score (nSPS) is 17.2. The smallest absolute Gasteiger partial charge is 0.230 e. The Labute approximate surface area is 132 Å². The van der Waals surface area contributed by atoms with Crippen molar-refractivity contribution in [3.8, 4) is 5.69 Å². The lowest BCUT2D eigenvalue weighted by Gasteiger charge is -2.12. The first kappa shape index (κ1) is 14.1. The molecule has 118 valence electrons. The number of rotatable bonds is 3. The number of fused-ring (bicyclic) bond motifs is 1. The van der Waals surface area contributed by atoms with E-state index in [0.29, 0.717) is 12.8 Å². The molecule has 0 bridgehead atoms. The minimum atomic E-state index is -0.286. The van der Waals surface area contributed by atoms with Crippen LogP contribution >= 0.6 is 0 Å². The fourth-order valence-corrected chi connectivity index (χ4v) is 3.39. The van der Waals surface area contributed by atoms with Crippen molar-refractivity contribution in [1.82, 2.24) is 14.7 Å². The SMILES string of the molecule is O=C1CCC(=O)N1Cc1nn(-c2ccc(F)cc2)c2c1CCC2. The van der Waals surface area contributed by atoms with Crippen LogP contribution in [0.2, 0.25) is 0 Å². The van der Waals surface area contributed by atoms with Crippen molar-refractivity contribution in [2.45, 2.75) is 38.6 Å². The molecule has 1 aromatic carbocycles. The summed E-state index contributed by atoms with van der Waals surface area (Å²) in [5, 5.41) is 4.61. The molecule has 2 heterocycles. The maximum atomic E-state index is 13.1. The first-order chi connectivity index (χ1) is 11.1. The molecule has 0 atom stereocenters. The average Bonchev–Trinajstić information content (AvgIpc) is 3.21. The Kier molecular flexibility index (Phi) is 3.25. The van der Waals surface area contributed by atoms with Gasteiger partial charge in [0.15, 0.2) is 0 Å². The first-order valence-corrected chi connectivity index (χ1v) is 7.82. The maximum absolute atomic E-state index is 13.1. The van der Waals surface area contributed by atoms with Crippen molar-refractivity contribution in [1.29, 1.82) is 0 Å². The molecule has 0 N–H and O–H groups in total. The summed E-state index contributed by atoms with van der Waals surface area (Å²) in [6, 6.07) is 6.20. The van der Waals surface area contributed by atoms with Crippen molar-refractivity contribution in [2.75, 3.05) is 0 Å². The molecule has 2 aromatic rings. The summed E-state index contributed by atoms with van der Waals surface area (Å²) >= 11 is 0. The first-order valence-electron chi connectivity index (χ1n) is 7.82. The van der Waals surface area contributed by atoms with Gasteiger partial charge in [-0.05, 0) is 49.1 Å². The molecule has 1 aliphatic carbocycles. The predicted octanol–water partition coefficient (Wildman–Crippen LogP) is 2.15. The van der Waals surface area contributed by atoms with Gasteiger partial charge in [0.2, 0.25) is 11.8 Å². The minimum Gasteiger partial charge on any atom is -0.276 e. The summed E-state index contributed by atoms with van der Waals surface area (Å²) in [4.78, 5) is 25.0. The summed E-state index contributed by atoms with van der Waals surface area (Å²) in [5.41, 5.74) is 3.81. The third-order valence-electron chi connectivity index (χ3n) is 4.55. The van der Waals surface area contributed by atoms with E-state index in [1.807, 2.05) is 4.68 Å². The number of carbonyl (C=O) groups is 2. The fraction of sp³-hybridized carbons (Fsp3) is 0.353. The Morgan fingerprint density at radius 2 is 1.70 bits per heavy atom. The molecular formula is C17H16FN3O2. The van der Waals surface area contributed by atoms with Gasteiger partial charge in [0.05, 0.1) is 17.9 Å². The second-order valence-corrected chi connectivity index (χ2v) is 5.99. The van der Waals surface area contributed by atoms with E-state index in [-0.39, 0.29) is 24.2 Å². The van der Waals surface area contributed by atoms with E-state index in [4.69, 9.17) is 0 Å². The number of aromatic nitrogens is 2. The molecule has 0 radical (unpaired) electrons. The molecule has 6 heteroatoms. The average molecular weight is 313 g/mol. The molecule has 2 aliphatic rings. The zero-order valence-electron chi connectivity index (χ0n) is 12.6. The Balaban J connectivity index is 1.71. The number of carbonyl (C=O) groups excluding carboxylic acids is 2. The van der Waals surface area contributed by atoms with Gasteiger partial charge >= 0.3 is 0 Å².